The van der Waals surface area contributed by atoms with Gasteiger partial charge in [0.25, 0.3) is 5.91 Å². The molecule has 5 heteroatoms. The van der Waals surface area contributed by atoms with Crippen molar-refractivity contribution in [3.63, 3.8) is 0 Å². The van der Waals surface area contributed by atoms with Crippen molar-refractivity contribution in [2.75, 3.05) is 18.0 Å². The summed E-state index contributed by atoms with van der Waals surface area (Å²) < 4.78 is 0. The number of amides is 2. The first-order valence-electron chi connectivity index (χ1n) is 9.50. The van der Waals surface area contributed by atoms with Crippen LogP contribution in [0.1, 0.15) is 35.7 Å². The van der Waals surface area contributed by atoms with Crippen molar-refractivity contribution in [1.82, 2.24) is 4.90 Å². The maximum absolute atomic E-state index is 13.2. The average Bonchev–Trinajstić information content (AvgIpc) is 3.02. The van der Waals surface area contributed by atoms with Gasteiger partial charge in [0.1, 0.15) is 0 Å². The van der Waals surface area contributed by atoms with E-state index in [9.17, 15) is 9.59 Å². The highest BCUT2D eigenvalue weighted by Crippen LogP contribution is 2.34. The number of likely N-dealkylation sites (tertiary alicyclic amines) is 1. The fraction of sp³-hybridized carbons (Fsp3) is 0.364. The van der Waals surface area contributed by atoms with Crippen molar-refractivity contribution in [2.45, 2.75) is 32.2 Å². The highest BCUT2D eigenvalue weighted by atomic mass is 35.5. The molecule has 1 saturated heterocycles. The van der Waals surface area contributed by atoms with Crippen LogP contribution in [0.5, 0.6) is 0 Å². The van der Waals surface area contributed by atoms with Gasteiger partial charge in [0.2, 0.25) is 5.91 Å². The van der Waals surface area contributed by atoms with Crippen molar-refractivity contribution >= 4 is 29.1 Å². The van der Waals surface area contributed by atoms with Gasteiger partial charge in [0.05, 0.1) is 0 Å². The van der Waals surface area contributed by atoms with Crippen LogP contribution in [0.4, 0.5) is 5.69 Å². The van der Waals surface area contributed by atoms with Gasteiger partial charge in [-0.05, 0) is 56.0 Å². The lowest BCUT2D eigenvalue weighted by atomic mass is 9.94. The van der Waals surface area contributed by atoms with Crippen LogP contribution in [-0.4, -0.2) is 35.8 Å². The number of carbonyl (C=O) groups excluding carboxylic acids is 2. The number of hydrogen-bond donors (Lipinski definition) is 0. The highest BCUT2D eigenvalue weighted by Gasteiger charge is 2.36. The van der Waals surface area contributed by atoms with Crippen molar-refractivity contribution in [3.05, 3.63) is 64.7 Å². The smallest absolute Gasteiger partial charge is 0.253 e. The Bertz CT molecular complexity index is 874. The molecule has 27 heavy (non-hydrogen) atoms. The first-order chi connectivity index (χ1) is 13.0. The number of anilines is 1. The van der Waals surface area contributed by atoms with E-state index in [2.05, 4.69) is 13.0 Å². The molecule has 1 atom stereocenters. The molecule has 2 amide bonds. The van der Waals surface area contributed by atoms with E-state index in [1.54, 1.807) is 24.3 Å². The van der Waals surface area contributed by atoms with E-state index in [4.69, 9.17) is 11.6 Å². The van der Waals surface area contributed by atoms with Crippen LogP contribution in [0, 0.1) is 5.92 Å². The Morgan fingerprint density at radius 2 is 1.78 bits per heavy atom. The molecule has 2 aliphatic rings. The second-order valence-electron chi connectivity index (χ2n) is 7.47. The molecule has 1 unspecified atom stereocenters. The largest absolute Gasteiger partial charge is 0.339 e. The minimum absolute atomic E-state index is 0.0108. The van der Waals surface area contributed by atoms with Crippen LogP contribution in [-0.2, 0) is 11.2 Å². The van der Waals surface area contributed by atoms with E-state index in [0.29, 0.717) is 36.5 Å². The number of fused-ring (bicyclic) bond motifs is 1. The molecular weight excluding hydrogens is 360 g/mol. The molecule has 0 aromatic heterocycles. The van der Waals surface area contributed by atoms with Gasteiger partial charge in [0.15, 0.2) is 0 Å². The summed E-state index contributed by atoms with van der Waals surface area (Å²) in [4.78, 5) is 29.6. The van der Waals surface area contributed by atoms with E-state index in [0.717, 1.165) is 12.1 Å². The monoisotopic (exact) mass is 382 g/mol. The number of nitrogens with zero attached hydrogens (tertiary/aromatic N) is 2. The Balaban J connectivity index is 1.42. The molecule has 0 spiro atoms. The summed E-state index contributed by atoms with van der Waals surface area (Å²) >= 11 is 6.00. The molecule has 2 aromatic carbocycles. The zero-order valence-corrected chi connectivity index (χ0v) is 16.2. The number of para-hydroxylation sites is 1. The van der Waals surface area contributed by atoms with Crippen LogP contribution in [0.2, 0.25) is 5.02 Å². The quantitative estimate of drug-likeness (QED) is 0.782. The Morgan fingerprint density at radius 1 is 1.04 bits per heavy atom. The van der Waals surface area contributed by atoms with Crippen molar-refractivity contribution in [3.8, 4) is 0 Å². The van der Waals surface area contributed by atoms with Gasteiger partial charge in [0, 0.05) is 41.3 Å². The minimum atomic E-state index is -0.0259. The lowest BCUT2D eigenvalue weighted by molar-refractivity contribution is -0.124. The number of benzene rings is 2. The number of hydrogen-bond acceptors (Lipinski definition) is 2. The summed E-state index contributed by atoms with van der Waals surface area (Å²) in [6.07, 6.45) is 2.32. The van der Waals surface area contributed by atoms with Crippen LogP contribution >= 0.6 is 11.6 Å². The summed E-state index contributed by atoms with van der Waals surface area (Å²) in [7, 11) is 0. The third kappa shape index (κ3) is 3.46. The van der Waals surface area contributed by atoms with E-state index >= 15 is 0 Å². The Morgan fingerprint density at radius 3 is 2.52 bits per heavy atom. The first-order valence-corrected chi connectivity index (χ1v) is 9.88. The third-order valence-electron chi connectivity index (χ3n) is 5.65. The van der Waals surface area contributed by atoms with Crippen LogP contribution in [0.15, 0.2) is 48.5 Å². The van der Waals surface area contributed by atoms with Crippen LogP contribution in [0.3, 0.4) is 0 Å². The van der Waals surface area contributed by atoms with Gasteiger partial charge in [-0.15, -0.1) is 0 Å². The van der Waals surface area contributed by atoms with Gasteiger partial charge in [-0.25, -0.2) is 0 Å². The molecule has 0 saturated carbocycles. The Labute approximate surface area is 164 Å². The summed E-state index contributed by atoms with van der Waals surface area (Å²) in [6.45, 7) is 3.31. The van der Waals surface area contributed by atoms with Crippen molar-refractivity contribution in [1.29, 1.82) is 0 Å². The van der Waals surface area contributed by atoms with Gasteiger partial charge >= 0.3 is 0 Å². The molecule has 0 radical (unpaired) electrons. The Hall–Kier alpha value is -2.33. The molecule has 2 heterocycles. The summed E-state index contributed by atoms with van der Waals surface area (Å²) in [6, 6.07) is 15.4. The zero-order valence-electron chi connectivity index (χ0n) is 15.4. The summed E-state index contributed by atoms with van der Waals surface area (Å²) in [5.41, 5.74) is 2.90. The standard InChI is InChI=1S/C22H23ClN2O2/c1-15-13-17-5-2-3-8-20(17)25(15)22(27)16-9-11-24(12-10-16)21(26)18-6-4-7-19(23)14-18/h2-8,14-16H,9-13H2,1H3. The van der Waals surface area contributed by atoms with E-state index in [1.165, 1.54) is 5.56 Å². The number of piperidine rings is 1. The molecule has 4 nitrogen and oxygen atoms in total. The number of halogens is 1. The first kappa shape index (κ1) is 18.1. The van der Waals surface area contributed by atoms with E-state index in [1.807, 2.05) is 28.0 Å². The SMILES string of the molecule is CC1Cc2ccccc2N1C(=O)C1CCN(C(=O)c2cccc(Cl)c2)CC1. The maximum Gasteiger partial charge on any atom is 0.253 e. The summed E-state index contributed by atoms with van der Waals surface area (Å²) in [5.74, 6) is 0.160. The second kappa shape index (κ2) is 7.35. The van der Waals surface area contributed by atoms with Gasteiger partial charge in [-0.2, -0.15) is 0 Å². The van der Waals surface area contributed by atoms with Crippen molar-refractivity contribution in [2.24, 2.45) is 5.92 Å². The molecule has 0 aliphatic carbocycles. The number of rotatable bonds is 2. The predicted octanol–water partition coefficient (Wildman–Crippen LogP) is 4.17. The average molecular weight is 383 g/mol. The molecule has 2 aliphatic heterocycles. The molecule has 0 bridgehead atoms. The highest BCUT2D eigenvalue weighted by molar-refractivity contribution is 6.30. The maximum atomic E-state index is 13.2. The topological polar surface area (TPSA) is 40.6 Å². The van der Waals surface area contributed by atoms with E-state index in [-0.39, 0.29) is 23.8 Å². The molecule has 4 rings (SSSR count). The van der Waals surface area contributed by atoms with Gasteiger partial charge in [-0.3, -0.25) is 9.59 Å². The van der Waals surface area contributed by atoms with Crippen LogP contribution in [0.25, 0.3) is 0 Å². The lowest BCUT2D eigenvalue weighted by Crippen LogP contribution is -2.46. The minimum Gasteiger partial charge on any atom is -0.339 e. The lowest BCUT2D eigenvalue weighted by Gasteiger charge is -2.34. The van der Waals surface area contributed by atoms with Crippen molar-refractivity contribution < 1.29 is 9.59 Å². The fourth-order valence-electron chi connectivity index (χ4n) is 4.23. The van der Waals surface area contributed by atoms with Crippen LogP contribution < -0.4 is 4.90 Å². The molecular formula is C22H23ClN2O2. The second-order valence-corrected chi connectivity index (χ2v) is 7.90. The molecule has 1 fully saturated rings. The fourth-order valence-corrected chi connectivity index (χ4v) is 4.42. The van der Waals surface area contributed by atoms with Gasteiger partial charge in [-0.1, -0.05) is 35.9 Å². The Kier molecular flexibility index (Phi) is 4.92. The molecule has 140 valence electrons. The number of carbonyl (C=O) groups is 2. The van der Waals surface area contributed by atoms with Gasteiger partial charge < -0.3 is 9.80 Å². The summed E-state index contributed by atoms with van der Waals surface area (Å²) in [5, 5.41) is 0.563. The molecule has 0 N–H and O–H groups in total. The molecule has 2 aromatic rings. The third-order valence-corrected chi connectivity index (χ3v) is 5.88. The zero-order chi connectivity index (χ0) is 19.0. The predicted molar refractivity (Wildman–Crippen MR) is 107 cm³/mol. The normalized spacial score (nSPS) is 19.9. The van der Waals surface area contributed by atoms with E-state index < -0.39 is 0 Å².